The Morgan fingerprint density at radius 3 is 2.52 bits per heavy atom. The van der Waals surface area contributed by atoms with Gasteiger partial charge in [0.25, 0.3) is 0 Å². The fraction of sp³-hybridized carbons (Fsp3) is 0.111. The summed E-state index contributed by atoms with van der Waals surface area (Å²) in [6.07, 6.45) is 0.432. The van der Waals surface area contributed by atoms with Crippen LogP contribution in [-0.4, -0.2) is 15.8 Å². The summed E-state index contributed by atoms with van der Waals surface area (Å²) in [5.74, 6) is -0.356. The number of pyridine rings is 1. The minimum absolute atomic E-state index is 0.203. The second kappa shape index (κ2) is 5.68. The van der Waals surface area contributed by atoms with E-state index in [2.05, 4.69) is 0 Å². The van der Waals surface area contributed by atoms with Crippen molar-refractivity contribution in [3.63, 3.8) is 0 Å². The number of hydrogen-bond donors (Lipinski definition) is 1. The molecule has 3 aromatic rings. The zero-order valence-corrected chi connectivity index (χ0v) is 12.4. The van der Waals surface area contributed by atoms with E-state index in [1.54, 1.807) is 30.3 Å². The molecule has 23 heavy (non-hydrogen) atoms. The van der Waals surface area contributed by atoms with E-state index in [4.69, 9.17) is 0 Å². The van der Waals surface area contributed by atoms with Gasteiger partial charge in [0.05, 0.1) is 5.52 Å². The number of benzene rings is 2. The zero-order chi connectivity index (χ0) is 16.6. The number of aromatic nitrogens is 1. The number of carbonyl (C=O) groups is 1. The summed E-state index contributed by atoms with van der Waals surface area (Å²) >= 11 is 0. The number of rotatable bonds is 2. The highest BCUT2D eigenvalue weighted by atomic mass is 19.1. The normalized spacial score (nSPS) is 10.9. The van der Waals surface area contributed by atoms with Crippen molar-refractivity contribution in [1.82, 2.24) is 4.57 Å². The molecule has 0 aliphatic carbocycles. The van der Waals surface area contributed by atoms with E-state index < -0.39 is 6.09 Å². The zero-order valence-electron chi connectivity index (χ0n) is 12.4. The molecule has 1 aromatic heterocycles. The summed E-state index contributed by atoms with van der Waals surface area (Å²) in [5.41, 5.74) is 2.14. The molecular weight excluding hydrogens is 297 g/mol. The average Bonchev–Trinajstić information content (AvgIpc) is 2.52. The molecule has 0 unspecified atom stereocenters. The van der Waals surface area contributed by atoms with Crippen molar-refractivity contribution in [1.29, 1.82) is 0 Å². The summed E-state index contributed by atoms with van der Waals surface area (Å²) in [7, 11) is 0. The highest BCUT2D eigenvalue weighted by molar-refractivity contribution is 5.88. The van der Waals surface area contributed by atoms with Gasteiger partial charge in [0.15, 0.2) is 5.43 Å². The first-order valence-corrected chi connectivity index (χ1v) is 7.08. The maximum Gasteiger partial charge on any atom is 0.416 e. The van der Waals surface area contributed by atoms with Crippen molar-refractivity contribution in [3.8, 4) is 0 Å². The standard InChI is InChI=1S/C18H14FNO3/c1-11-2-7-16-15(8-11)17(21)13(10-20(16)18(22)23)9-12-3-5-14(19)6-4-12/h2-8,10H,9H2,1H3,(H,22,23). The van der Waals surface area contributed by atoms with Crippen LogP contribution in [0.5, 0.6) is 0 Å². The van der Waals surface area contributed by atoms with Crippen LogP contribution in [0.25, 0.3) is 10.9 Å². The number of fused-ring (bicyclic) bond motifs is 1. The predicted octanol–water partition coefficient (Wildman–Crippen LogP) is 3.57. The summed E-state index contributed by atoms with van der Waals surface area (Å²) in [6.45, 7) is 1.84. The van der Waals surface area contributed by atoms with E-state index >= 15 is 0 Å². The Kier molecular flexibility index (Phi) is 3.70. The Labute approximate surface area is 131 Å². The molecule has 1 N–H and O–H groups in total. The molecule has 0 spiro atoms. The van der Waals surface area contributed by atoms with Crippen LogP contribution in [0, 0.1) is 12.7 Å². The molecule has 0 aliphatic rings. The first kappa shape index (κ1) is 15.0. The summed E-state index contributed by atoms with van der Waals surface area (Å²) in [6, 6.07) is 10.9. The van der Waals surface area contributed by atoms with Gasteiger partial charge >= 0.3 is 6.09 Å². The van der Waals surface area contributed by atoms with Crippen LogP contribution in [0.4, 0.5) is 9.18 Å². The average molecular weight is 311 g/mol. The molecule has 116 valence electrons. The molecule has 2 aromatic carbocycles. The second-order valence-electron chi connectivity index (χ2n) is 5.46. The van der Waals surface area contributed by atoms with Crippen molar-refractivity contribution in [2.24, 2.45) is 0 Å². The van der Waals surface area contributed by atoms with E-state index in [1.165, 1.54) is 18.3 Å². The maximum absolute atomic E-state index is 13.0. The van der Waals surface area contributed by atoms with Crippen molar-refractivity contribution in [2.45, 2.75) is 13.3 Å². The van der Waals surface area contributed by atoms with Gasteiger partial charge in [0.1, 0.15) is 5.82 Å². The van der Waals surface area contributed by atoms with Crippen molar-refractivity contribution in [2.75, 3.05) is 0 Å². The van der Waals surface area contributed by atoms with E-state index in [-0.39, 0.29) is 17.7 Å². The number of aryl methyl sites for hydroxylation is 1. The van der Waals surface area contributed by atoms with Gasteiger partial charge in [-0.25, -0.2) is 9.18 Å². The van der Waals surface area contributed by atoms with Crippen LogP contribution >= 0.6 is 0 Å². The summed E-state index contributed by atoms with van der Waals surface area (Å²) in [4.78, 5) is 24.1. The van der Waals surface area contributed by atoms with Crippen LogP contribution in [0.3, 0.4) is 0 Å². The van der Waals surface area contributed by atoms with E-state index in [9.17, 15) is 19.1 Å². The highest BCUT2D eigenvalue weighted by Gasteiger charge is 2.13. The third-order valence-electron chi connectivity index (χ3n) is 3.75. The van der Waals surface area contributed by atoms with Crippen LogP contribution in [0.15, 0.2) is 53.5 Å². The first-order valence-electron chi connectivity index (χ1n) is 7.08. The molecule has 4 nitrogen and oxygen atoms in total. The van der Waals surface area contributed by atoms with E-state index in [0.29, 0.717) is 16.5 Å². The molecule has 0 atom stereocenters. The molecule has 0 saturated heterocycles. The smallest absolute Gasteiger partial charge is 0.416 e. The minimum Gasteiger partial charge on any atom is -0.464 e. The molecule has 0 fully saturated rings. The lowest BCUT2D eigenvalue weighted by molar-refractivity contribution is 0.197. The molecule has 1 heterocycles. The lowest BCUT2D eigenvalue weighted by Gasteiger charge is -2.10. The van der Waals surface area contributed by atoms with Crippen LogP contribution < -0.4 is 5.43 Å². The number of nitrogens with zero attached hydrogens (tertiary/aromatic N) is 1. The topological polar surface area (TPSA) is 59.3 Å². The molecule has 0 aliphatic heterocycles. The van der Waals surface area contributed by atoms with Crippen molar-refractivity contribution >= 4 is 17.0 Å². The molecule has 0 amide bonds. The fourth-order valence-corrected chi connectivity index (χ4v) is 2.61. The third-order valence-corrected chi connectivity index (χ3v) is 3.75. The number of carboxylic acid groups (broad SMARTS) is 1. The first-order chi connectivity index (χ1) is 11.0. The van der Waals surface area contributed by atoms with Gasteiger partial charge < -0.3 is 5.11 Å². The number of hydrogen-bond acceptors (Lipinski definition) is 2. The third kappa shape index (κ3) is 2.85. The van der Waals surface area contributed by atoms with Gasteiger partial charge in [0.2, 0.25) is 0 Å². The molecule has 0 saturated carbocycles. The van der Waals surface area contributed by atoms with Gasteiger partial charge in [-0.15, -0.1) is 0 Å². The van der Waals surface area contributed by atoms with E-state index in [0.717, 1.165) is 15.7 Å². The Hall–Kier alpha value is -2.95. The van der Waals surface area contributed by atoms with Crippen LogP contribution in [-0.2, 0) is 6.42 Å². The van der Waals surface area contributed by atoms with Crippen molar-refractivity contribution < 1.29 is 14.3 Å². The van der Waals surface area contributed by atoms with Gasteiger partial charge in [-0.1, -0.05) is 23.8 Å². The molecule has 5 heteroatoms. The van der Waals surface area contributed by atoms with Gasteiger partial charge in [-0.05, 0) is 36.8 Å². The Balaban J connectivity index is 2.20. The Morgan fingerprint density at radius 2 is 1.87 bits per heavy atom. The molecule has 0 radical (unpaired) electrons. The quantitative estimate of drug-likeness (QED) is 0.787. The summed E-state index contributed by atoms with van der Waals surface area (Å²) < 4.78 is 14.0. The Bertz CT molecular complexity index is 958. The number of halogens is 1. The van der Waals surface area contributed by atoms with Crippen LogP contribution in [0.1, 0.15) is 16.7 Å². The lowest BCUT2D eigenvalue weighted by Crippen LogP contribution is -2.19. The SMILES string of the molecule is Cc1ccc2c(c1)c(=O)c(Cc1ccc(F)cc1)cn2C(=O)O. The van der Waals surface area contributed by atoms with E-state index in [1.807, 2.05) is 6.92 Å². The fourth-order valence-electron chi connectivity index (χ4n) is 2.61. The Morgan fingerprint density at radius 1 is 1.17 bits per heavy atom. The van der Waals surface area contributed by atoms with Gasteiger partial charge in [0, 0.05) is 23.6 Å². The lowest BCUT2D eigenvalue weighted by atomic mass is 10.0. The molecule has 3 rings (SSSR count). The maximum atomic E-state index is 13.0. The molecular formula is C18H14FNO3. The summed E-state index contributed by atoms with van der Waals surface area (Å²) in [5, 5.41) is 9.75. The monoisotopic (exact) mass is 311 g/mol. The second-order valence-corrected chi connectivity index (χ2v) is 5.46. The highest BCUT2D eigenvalue weighted by Crippen LogP contribution is 2.16. The predicted molar refractivity (Wildman–Crippen MR) is 85.6 cm³/mol. The van der Waals surface area contributed by atoms with Crippen LogP contribution in [0.2, 0.25) is 0 Å². The van der Waals surface area contributed by atoms with Crippen molar-refractivity contribution in [3.05, 3.63) is 81.4 Å². The minimum atomic E-state index is -1.15. The van der Waals surface area contributed by atoms with Gasteiger partial charge in [-0.3, -0.25) is 9.36 Å². The largest absolute Gasteiger partial charge is 0.464 e. The molecule has 0 bridgehead atoms. The van der Waals surface area contributed by atoms with Gasteiger partial charge in [-0.2, -0.15) is 0 Å².